The maximum Gasteiger partial charge on any atom is 0.303 e. The second-order valence-corrected chi connectivity index (χ2v) is 12.0. The van der Waals surface area contributed by atoms with E-state index in [0.717, 1.165) is 51.4 Å². The minimum absolute atomic E-state index is 0.0420. The molecule has 2 unspecified atom stereocenters. The lowest BCUT2D eigenvalue weighted by atomic mass is 9.48. The highest BCUT2D eigenvalue weighted by atomic mass is 16.6. The number of aliphatic hydroxyl groups is 2. The van der Waals surface area contributed by atoms with Gasteiger partial charge in [0.2, 0.25) is 0 Å². The quantitative estimate of drug-likeness (QED) is 0.601. The van der Waals surface area contributed by atoms with Crippen LogP contribution < -0.4 is 0 Å². The number of aliphatic hydroxyl groups excluding tert-OH is 2. The Bertz CT molecular complexity index is 695. The number of carboxylic acid groups (broad SMARTS) is 1. The molecule has 1 aliphatic heterocycles. The van der Waals surface area contributed by atoms with Crippen molar-refractivity contribution in [2.75, 3.05) is 0 Å². The van der Waals surface area contributed by atoms with E-state index in [1.807, 2.05) is 0 Å². The van der Waals surface area contributed by atoms with Crippen LogP contribution in [0.4, 0.5) is 0 Å². The zero-order chi connectivity index (χ0) is 21.4. The van der Waals surface area contributed by atoms with E-state index in [4.69, 9.17) is 4.74 Å². The number of ether oxygens (including phenoxy) is 1. The highest BCUT2D eigenvalue weighted by molar-refractivity contribution is 5.66. The first kappa shape index (κ1) is 21.2. The van der Waals surface area contributed by atoms with Gasteiger partial charge in [-0.1, -0.05) is 20.8 Å². The standard InChI is InChI=1S/C25H40O5/c1-13(4-7-21(28)29)16-5-6-17-22-18(12-20-23(30-20)25(16,17)3)24(2)9-8-15(26)10-14(24)11-19(22)27/h13-20,22-23,26-27H,4-12H2,1-3H3,(H,28,29)/t13-,14+,15-,16-,17+,18+,19-,20?,22+,23?,24+,25-/m1/s1. The van der Waals surface area contributed by atoms with Crippen molar-refractivity contribution in [2.24, 2.45) is 46.3 Å². The maximum atomic E-state index is 11.4. The molecule has 5 aliphatic rings. The predicted molar refractivity (Wildman–Crippen MR) is 113 cm³/mol. The van der Waals surface area contributed by atoms with Crippen LogP contribution in [0.3, 0.4) is 0 Å². The van der Waals surface area contributed by atoms with E-state index in [-0.39, 0.29) is 35.6 Å². The molecule has 4 aliphatic carbocycles. The first-order valence-corrected chi connectivity index (χ1v) is 12.4. The van der Waals surface area contributed by atoms with Gasteiger partial charge in [0, 0.05) is 11.8 Å². The molecule has 5 nitrogen and oxygen atoms in total. The van der Waals surface area contributed by atoms with Gasteiger partial charge in [0.15, 0.2) is 0 Å². The van der Waals surface area contributed by atoms with Gasteiger partial charge in [-0.2, -0.15) is 0 Å². The van der Waals surface area contributed by atoms with Crippen LogP contribution in [0.25, 0.3) is 0 Å². The highest BCUT2D eigenvalue weighted by Gasteiger charge is 2.70. The van der Waals surface area contributed by atoms with Gasteiger partial charge in [0.05, 0.1) is 24.4 Å². The molecule has 3 N–H and O–H groups in total. The SMILES string of the molecule is C[C@H](CCC(=O)O)[C@H]1CC[C@H]2[C@@H]3[C@H](O)C[C@@H]4C[C@H](O)CC[C@]4(C)[C@H]3CC3OC3[C@]12C. The van der Waals surface area contributed by atoms with Crippen LogP contribution in [-0.4, -0.2) is 45.7 Å². The normalized spacial score (nSPS) is 55.4. The van der Waals surface area contributed by atoms with E-state index in [1.165, 1.54) is 0 Å². The smallest absolute Gasteiger partial charge is 0.303 e. The van der Waals surface area contributed by atoms with E-state index in [2.05, 4.69) is 20.8 Å². The van der Waals surface area contributed by atoms with Crippen molar-refractivity contribution >= 4 is 5.97 Å². The third kappa shape index (κ3) is 3.02. The minimum atomic E-state index is -0.704. The second kappa shape index (κ2) is 7.18. The van der Waals surface area contributed by atoms with Gasteiger partial charge in [-0.3, -0.25) is 4.79 Å². The van der Waals surface area contributed by atoms with Crippen LogP contribution >= 0.6 is 0 Å². The highest BCUT2D eigenvalue weighted by Crippen LogP contribution is 2.70. The summed E-state index contributed by atoms with van der Waals surface area (Å²) in [6.45, 7) is 7.08. The fourth-order valence-corrected chi connectivity index (χ4v) is 9.24. The number of hydrogen-bond donors (Lipinski definition) is 3. The van der Waals surface area contributed by atoms with Crippen molar-refractivity contribution in [1.82, 2.24) is 0 Å². The summed E-state index contributed by atoms with van der Waals surface area (Å²) in [6, 6.07) is 0. The summed E-state index contributed by atoms with van der Waals surface area (Å²) in [6.07, 6.45) is 7.98. The Morgan fingerprint density at radius 1 is 1.10 bits per heavy atom. The van der Waals surface area contributed by atoms with Gasteiger partial charge in [-0.05, 0) is 92.3 Å². The zero-order valence-electron chi connectivity index (χ0n) is 18.8. The summed E-state index contributed by atoms with van der Waals surface area (Å²) >= 11 is 0. The number of carbonyl (C=O) groups is 1. The van der Waals surface area contributed by atoms with E-state index >= 15 is 0 Å². The fraction of sp³-hybridized carbons (Fsp3) is 0.960. The average molecular weight is 421 g/mol. The lowest BCUT2D eigenvalue weighted by molar-refractivity contribution is -0.152. The van der Waals surface area contributed by atoms with Crippen LogP contribution in [0, 0.1) is 46.3 Å². The van der Waals surface area contributed by atoms with Crippen LogP contribution in [-0.2, 0) is 9.53 Å². The lowest BCUT2D eigenvalue weighted by Gasteiger charge is -2.58. The number of rotatable bonds is 4. The molecule has 0 aromatic heterocycles. The van der Waals surface area contributed by atoms with Crippen LogP contribution in [0.2, 0.25) is 0 Å². The Kier molecular flexibility index (Phi) is 5.08. The van der Waals surface area contributed by atoms with Gasteiger partial charge in [-0.15, -0.1) is 0 Å². The van der Waals surface area contributed by atoms with Crippen LogP contribution in [0.15, 0.2) is 0 Å². The topological polar surface area (TPSA) is 90.3 Å². The molecule has 5 fully saturated rings. The molecular formula is C25H40O5. The van der Waals surface area contributed by atoms with Crippen molar-refractivity contribution < 1.29 is 24.9 Å². The monoisotopic (exact) mass is 420 g/mol. The van der Waals surface area contributed by atoms with Crippen molar-refractivity contribution in [3.63, 3.8) is 0 Å². The summed E-state index contributed by atoms with van der Waals surface area (Å²) in [5, 5.41) is 30.9. The fourth-order valence-electron chi connectivity index (χ4n) is 9.24. The van der Waals surface area contributed by atoms with Crippen molar-refractivity contribution in [3.05, 3.63) is 0 Å². The molecule has 4 saturated carbocycles. The summed E-state index contributed by atoms with van der Waals surface area (Å²) in [7, 11) is 0. The zero-order valence-corrected chi connectivity index (χ0v) is 18.8. The molecule has 5 rings (SSSR count). The molecule has 5 heteroatoms. The largest absolute Gasteiger partial charge is 0.481 e. The first-order chi connectivity index (χ1) is 14.2. The van der Waals surface area contributed by atoms with Crippen molar-refractivity contribution in [3.8, 4) is 0 Å². The molecular weight excluding hydrogens is 380 g/mol. The molecule has 0 bridgehead atoms. The lowest BCUT2D eigenvalue weighted by Crippen LogP contribution is -2.56. The van der Waals surface area contributed by atoms with Gasteiger partial charge < -0.3 is 20.1 Å². The first-order valence-electron chi connectivity index (χ1n) is 12.4. The molecule has 1 heterocycles. The number of hydrogen-bond acceptors (Lipinski definition) is 4. The third-order valence-corrected chi connectivity index (χ3v) is 10.8. The van der Waals surface area contributed by atoms with Crippen molar-refractivity contribution in [1.29, 1.82) is 0 Å². The number of carboxylic acids is 1. The molecule has 12 atom stereocenters. The Morgan fingerprint density at radius 3 is 2.60 bits per heavy atom. The predicted octanol–water partition coefficient (Wildman–Crippen LogP) is 3.86. The third-order valence-electron chi connectivity index (χ3n) is 10.8. The second-order valence-electron chi connectivity index (χ2n) is 12.0. The Morgan fingerprint density at radius 2 is 1.87 bits per heavy atom. The van der Waals surface area contributed by atoms with Crippen molar-refractivity contribution in [2.45, 2.75) is 103 Å². The molecule has 1 saturated heterocycles. The number of aliphatic carboxylic acids is 1. The molecule has 30 heavy (non-hydrogen) atoms. The molecule has 0 radical (unpaired) electrons. The van der Waals surface area contributed by atoms with Gasteiger partial charge in [0.25, 0.3) is 0 Å². The minimum Gasteiger partial charge on any atom is -0.481 e. The molecule has 0 aromatic carbocycles. The van der Waals surface area contributed by atoms with E-state index in [0.29, 0.717) is 41.6 Å². The number of epoxide rings is 1. The Balaban J connectivity index is 1.46. The van der Waals surface area contributed by atoms with Gasteiger partial charge in [0.1, 0.15) is 0 Å². The van der Waals surface area contributed by atoms with Crippen LogP contribution in [0.5, 0.6) is 0 Å². The van der Waals surface area contributed by atoms with E-state index in [1.54, 1.807) is 0 Å². The van der Waals surface area contributed by atoms with Gasteiger partial charge >= 0.3 is 5.97 Å². The number of fused-ring (bicyclic) bond motifs is 7. The summed E-state index contributed by atoms with van der Waals surface area (Å²) < 4.78 is 6.36. The maximum absolute atomic E-state index is 11.4. The molecule has 0 amide bonds. The average Bonchev–Trinajstić information content (AvgIpc) is 3.39. The Labute approximate surface area is 180 Å². The molecule has 0 aromatic rings. The Hall–Kier alpha value is -0.650. The van der Waals surface area contributed by atoms with E-state index in [9.17, 15) is 20.1 Å². The molecule has 170 valence electrons. The summed E-state index contributed by atoms with van der Waals surface area (Å²) in [5.41, 5.74) is 0.234. The van der Waals surface area contributed by atoms with E-state index < -0.39 is 5.97 Å². The molecule has 0 spiro atoms. The summed E-state index contributed by atoms with van der Waals surface area (Å²) in [4.78, 5) is 11.2. The van der Waals surface area contributed by atoms with Crippen LogP contribution in [0.1, 0.15) is 78.6 Å². The summed E-state index contributed by atoms with van der Waals surface area (Å²) in [5.74, 6) is 1.79. The van der Waals surface area contributed by atoms with Gasteiger partial charge in [-0.25, -0.2) is 0 Å².